The van der Waals surface area contributed by atoms with E-state index in [4.69, 9.17) is 27.2 Å². The number of hydrogen-bond acceptors (Lipinski definition) is 4. The molecule has 9 heteroatoms. The van der Waals surface area contributed by atoms with Crippen LogP contribution in [0, 0.1) is 0 Å². The zero-order valence-corrected chi connectivity index (χ0v) is 11.4. The molecule has 2 rings (SSSR count). The first-order valence-electron chi connectivity index (χ1n) is 5.93. The fourth-order valence-corrected chi connectivity index (χ4v) is 2.12. The largest absolute Gasteiger partial charge is 0.477 e. The number of rotatable bonds is 4. The number of fused-ring (bicyclic) bond motifs is 1. The third kappa shape index (κ3) is 3.34. The lowest BCUT2D eigenvalue weighted by Crippen LogP contribution is -2.49. The molecule has 0 bridgehead atoms. The number of halogens is 1. The molecule has 3 amide bonds. The highest BCUT2D eigenvalue weighted by atomic mass is 35.5. The Bertz CT molecular complexity index is 607. The van der Waals surface area contributed by atoms with E-state index in [1.807, 2.05) is 5.32 Å². The topological polar surface area (TPSA) is 131 Å². The summed E-state index contributed by atoms with van der Waals surface area (Å²) in [5, 5.41) is 13.4. The predicted molar refractivity (Wildman–Crippen MR) is 73.3 cm³/mol. The van der Waals surface area contributed by atoms with Crippen molar-refractivity contribution in [3.05, 3.63) is 23.2 Å². The number of para-hydroxylation sites is 1. The van der Waals surface area contributed by atoms with E-state index >= 15 is 0 Å². The van der Waals surface area contributed by atoms with Gasteiger partial charge in [0.05, 0.1) is 10.7 Å². The molecule has 0 radical (unpaired) electrons. The second-order valence-electron chi connectivity index (χ2n) is 4.35. The quantitative estimate of drug-likeness (QED) is 0.644. The van der Waals surface area contributed by atoms with Crippen molar-refractivity contribution in [1.29, 1.82) is 0 Å². The number of carboxylic acid groups (broad SMARTS) is 1. The van der Waals surface area contributed by atoms with Crippen LogP contribution in [-0.2, 0) is 9.59 Å². The third-order valence-electron chi connectivity index (χ3n) is 2.87. The monoisotopic (exact) mass is 313 g/mol. The number of anilines is 1. The van der Waals surface area contributed by atoms with E-state index < -0.39 is 30.1 Å². The third-order valence-corrected chi connectivity index (χ3v) is 3.17. The van der Waals surface area contributed by atoms with Gasteiger partial charge in [-0.15, -0.1) is 0 Å². The molecule has 21 heavy (non-hydrogen) atoms. The minimum atomic E-state index is -1.42. The zero-order valence-electron chi connectivity index (χ0n) is 10.6. The molecule has 1 aromatic carbocycles. The Morgan fingerprint density at radius 2 is 2.24 bits per heavy atom. The Kier molecular flexibility index (Phi) is 4.18. The number of ether oxygens (including phenoxy) is 1. The molecule has 1 unspecified atom stereocenters. The number of benzene rings is 1. The molecule has 0 spiro atoms. The summed E-state index contributed by atoms with van der Waals surface area (Å²) in [6, 6.07) is 3.58. The molecule has 5 N–H and O–H groups in total. The van der Waals surface area contributed by atoms with Gasteiger partial charge in [0.15, 0.2) is 11.9 Å². The molecular formula is C12H12ClN3O5. The van der Waals surface area contributed by atoms with Crippen LogP contribution in [-0.4, -0.2) is 35.2 Å². The van der Waals surface area contributed by atoms with Gasteiger partial charge in [-0.2, -0.15) is 0 Å². The number of carbonyl (C=O) groups excluding carboxylic acids is 2. The van der Waals surface area contributed by atoms with Gasteiger partial charge in [-0.3, -0.25) is 9.59 Å². The average Bonchev–Trinajstić information content (AvgIpc) is 2.39. The number of carbonyl (C=O) groups is 3. The van der Waals surface area contributed by atoms with Gasteiger partial charge in [0.1, 0.15) is 6.04 Å². The van der Waals surface area contributed by atoms with Gasteiger partial charge in [0, 0.05) is 6.42 Å². The molecule has 8 nitrogen and oxygen atoms in total. The van der Waals surface area contributed by atoms with Crippen LogP contribution in [0.3, 0.4) is 0 Å². The molecule has 1 heterocycles. The van der Waals surface area contributed by atoms with Crippen molar-refractivity contribution in [2.45, 2.75) is 18.6 Å². The molecule has 1 aromatic rings. The maximum absolute atomic E-state index is 11.9. The van der Waals surface area contributed by atoms with Crippen molar-refractivity contribution >= 4 is 35.2 Å². The van der Waals surface area contributed by atoms with Gasteiger partial charge in [0.2, 0.25) is 5.91 Å². The zero-order chi connectivity index (χ0) is 15.6. The normalized spacial score (nSPS) is 18.0. The predicted octanol–water partition coefficient (Wildman–Crippen LogP) is 0.551. The van der Waals surface area contributed by atoms with E-state index in [2.05, 4.69) is 5.32 Å². The highest BCUT2D eigenvalue weighted by molar-refractivity contribution is 6.32. The molecule has 112 valence electrons. The van der Waals surface area contributed by atoms with Gasteiger partial charge in [-0.25, -0.2) is 4.79 Å². The van der Waals surface area contributed by atoms with E-state index in [1.165, 1.54) is 0 Å². The lowest BCUT2D eigenvalue weighted by Gasteiger charge is -2.28. The number of hydrogen-bond donors (Lipinski definition) is 4. The van der Waals surface area contributed by atoms with Crippen LogP contribution in [0.25, 0.3) is 0 Å². The Balaban J connectivity index is 2.17. The average molecular weight is 314 g/mol. The first kappa shape index (κ1) is 14.9. The fourth-order valence-electron chi connectivity index (χ4n) is 1.90. The van der Waals surface area contributed by atoms with Crippen LogP contribution in [0.15, 0.2) is 18.2 Å². The lowest BCUT2D eigenvalue weighted by molar-refractivity contribution is -0.125. The van der Waals surface area contributed by atoms with Crippen LogP contribution in [0.4, 0.5) is 10.5 Å². The Labute approximate surface area is 124 Å². The number of amides is 3. The molecule has 0 saturated carbocycles. The maximum atomic E-state index is 11.9. The summed E-state index contributed by atoms with van der Waals surface area (Å²) in [6.07, 6.45) is -2.74. The molecule has 2 atom stereocenters. The lowest BCUT2D eigenvalue weighted by atomic mass is 10.1. The fraction of sp³-hybridized carbons (Fsp3) is 0.250. The van der Waals surface area contributed by atoms with Crippen molar-refractivity contribution in [2.24, 2.45) is 5.73 Å². The van der Waals surface area contributed by atoms with Gasteiger partial charge < -0.3 is 26.2 Å². The van der Waals surface area contributed by atoms with Crippen LogP contribution < -0.4 is 21.1 Å². The molecule has 1 aliphatic heterocycles. The summed E-state index contributed by atoms with van der Waals surface area (Å²) in [5.74, 6) is -1.15. The standard InChI is InChI=1S/C12H12ClN3O5/c13-5-2-1-3-6-9(5)21-8(11(18)15-6)4-7(10(14)17)16-12(19)20/h1-3,7-8,16H,4H2,(H2,14,17)(H,15,18)(H,19,20)/t7?,8-/m0/s1. The molecule has 0 aliphatic carbocycles. The number of nitrogens with one attached hydrogen (secondary N) is 2. The first-order valence-corrected chi connectivity index (χ1v) is 6.31. The smallest absolute Gasteiger partial charge is 0.405 e. The van der Waals surface area contributed by atoms with Crippen molar-refractivity contribution in [3.63, 3.8) is 0 Å². The first-order chi connectivity index (χ1) is 9.88. The van der Waals surface area contributed by atoms with Crippen molar-refractivity contribution in [3.8, 4) is 5.75 Å². The molecule has 1 aliphatic rings. The van der Waals surface area contributed by atoms with E-state index in [0.717, 1.165) is 0 Å². The Morgan fingerprint density at radius 1 is 1.52 bits per heavy atom. The van der Waals surface area contributed by atoms with Gasteiger partial charge >= 0.3 is 6.09 Å². The minimum Gasteiger partial charge on any atom is -0.477 e. The summed E-state index contributed by atoms with van der Waals surface area (Å²) < 4.78 is 5.45. The van der Waals surface area contributed by atoms with Crippen molar-refractivity contribution in [1.82, 2.24) is 5.32 Å². The highest BCUT2D eigenvalue weighted by Crippen LogP contribution is 2.36. The van der Waals surface area contributed by atoms with E-state index in [-0.39, 0.29) is 12.2 Å². The summed E-state index contributed by atoms with van der Waals surface area (Å²) in [4.78, 5) is 33.7. The maximum Gasteiger partial charge on any atom is 0.405 e. The second-order valence-corrected chi connectivity index (χ2v) is 4.76. The molecule has 0 fully saturated rings. The van der Waals surface area contributed by atoms with Crippen LogP contribution in [0.5, 0.6) is 5.75 Å². The number of nitrogens with two attached hydrogens (primary N) is 1. The van der Waals surface area contributed by atoms with E-state index in [9.17, 15) is 14.4 Å². The summed E-state index contributed by atoms with van der Waals surface area (Å²) in [7, 11) is 0. The van der Waals surface area contributed by atoms with Crippen LogP contribution >= 0.6 is 11.6 Å². The molecular weight excluding hydrogens is 302 g/mol. The summed E-state index contributed by atoms with van der Waals surface area (Å²) in [6.45, 7) is 0. The second kappa shape index (κ2) is 5.88. The van der Waals surface area contributed by atoms with Crippen LogP contribution in [0.1, 0.15) is 6.42 Å². The van der Waals surface area contributed by atoms with Crippen molar-refractivity contribution in [2.75, 3.05) is 5.32 Å². The molecule has 0 aromatic heterocycles. The van der Waals surface area contributed by atoms with Crippen LogP contribution in [0.2, 0.25) is 5.02 Å². The van der Waals surface area contributed by atoms with E-state index in [1.54, 1.807) is 18.2 Å². The van der Waals surface area contributed by atoms with Crippen molar-refractivity contribution < 1.29 is 24.2 Å². The Hall–Kier alpha value is -2.48. The highest BCUT2D eigenvalue weighted by Gasteiger charge is 2.33. The van der Waals surface area contributed by atoms with E-state index in [0.29, 0.717) is 10.7 Å². The minimum absolute atomic E-state index is 0.238. The summed E-state index contributed by atoms with van der Waals surface area (Å²) >= 11 is 5.96. The van der Waals surface area contributed by atoms with Gasteiger partial charge in [0.25, 0.3) is 5.91 Å². The van der Waals surface area contributed by atoms with Gasteiger partial charge in [-0.1, -0.05) is 17.7 Å². The SMILES string of the molecule is NC(=O)C(C[C@@H]1Oc2c(Cl)cccc2NC1=O)NC(=O)O. The van der Waals surface area contributed by atoms with Gasteiger partial charge in [-0.05, 0) is 12.1 Å². The Morgan fingerprint density at radius 3 is 2.86 bits per heavy atom. The molecule has 0 saturated heterocycles. The number of primary amides is 1. The summed E-state index contributed by atoms with van der Waals surface area (Å²) in [5.41, 5.74) is 5.50.